The zero-order valence-electron chi connectivity index (χ0n) is 16.0. The summed E-state index contributed by atoms with van der Waals surface area (Å²) in [6.45, 7) is 4.25. The fourth-order valence-corrected chi connectivity index (χ4v) is 4.93. The monoisotopic (exact) mass is 411 g/mol. The van der Waals surface area contributed by atoms with Crippen LogP contribution in [0, 0.1) is 12.8 Å². The summed E-state index contributed by atoms with van der Waals surface area (Å²) in [6, 6.07) is 9.98. The van der Waals surface area contributed by atoms with Crippen molar-refractivity contribution in [2.45, 2.75) is 39.5 Å². The van der Waals surface area contributed by atoms with E-state index in [4.69, 9.17) is 11.6 Å². The molecule has 0 fully saturated rings. The van der Waals surface area contributed by atoms with Crippen LogP contribution < -0.4 is 5.43 Å². The second-order valence-electron chi connectivity index (χ2n) is 7.34. The van der Waals surface area contributed by atoms with Gasteiger partial charge >= 0.3 is 0 Å². The highest BCUT2D eigenvalue weighted by Crippen LogP contribution is 2.33. The number of pyridine rings is 1. The number of halogens is 1. The quantitative estimate of drug-likeness (QED) is 0.348. The van der Waals surface area contributed by atoms with E-state index in [0.29, 0.717) is 10.7 Å². The zero-order chi connectivity index (χ0) is 19.7. The van der Waals surface area contributed by atoms with E-state index in [-0.39, 0.29) is 5.91 Å². The van der Waals surface area contributed by atoms with Gasteiger partial charge in [0.2, 0.25) is 0 Å². The molecule has 0 aliphatic heterocycles. The van der Waals surface area contributed by atoms with Gasteiger partial charge in [-0.25, -0.2) is 10.4 Å². The number of fused-ring (bicyclic) bond motifs is 2. The molecule has 1 unspecified atom stereocenters. The van der Waals surface area contributed by atoms with Crippen molar-refractivity contribution < 1.29 is 4.79 Å². The van der Waals surface area contributed by atoms with Crippen molar-refractivity contribution in [2.24, 2.45) is 11.0 Å². The number of amides is 1. The molecular weight excluding hydrogens is 390 g/mol. The van der Waals surface area contributed by atoms with E-state index >= 15 is 0 Å². The Kier molecular flexibility index (Phi) is 5.47. The number of aryl methyl sites for hydroxylation is 2. The molecule has 2 heterocycles. The fraction of sp³-hybridized carbons (Fsp3) is 0.318. The standard InChI is InChI=1S/C22H22ClN3OS/c1-3-14-5-7-19-16(9-14)11-20(28-19)22(27)26-24-12-17-10-15-6-4-13(2)8-18(15)25-21(17)23/h4,6,8,10-12,14H,3,5,7,9H2,1-2H3,(H,26,27)/b24-12+. The van der Waals surface area contributed by atoms with Crippen molar-refractivity contribution in [3.8, 4) is 0 Å². The maximum Gasteiger partial charge on any atom is 0.281 e. The molecule has 2 aromatic heterocycles. The molecule has 4 nitrogen and oxygen atoms in total. The molecule has 1 N–H and O–H groups in total. The normalized spacial score (nSPS) is 16.5. The van der Waals surface area contributed by atoms with Crippen LogP contribution in [0.1, 0.15) is 51.0 Å². The lowest BCUT2D eigenvalue weighted by atomic mass is 9.87. The third kappa shape index (κ3) is 3.96. The van der Waals surface area contributed by atoms with Crippen LogP contribution >= 0.6 is 22.9 Å². The first-order valence-electron chi connectivity index (χ1n) is 9.55. The van der Waals surface area contributed by atoms with E-state index < -0.39 is 0 Å². The Morgan fingerprint density at radius 3 is 3.07 bits per heavy atom. The van der Waals surface area contributed by atoms with Gasteiger partial charge in [0, 0.05) is 15.8 Å². The average Bonchev–Trinajstić information content (AvgIpc) is 3.11. The number of rotatable bonds is 4. The minimum atomic E-state index is -0.177. The van der Waals surface area contributed by atoms with Gasteiger partial charge in [0.05, 0.1) is 16.6 Å². The van der Waals surface area contributed by atoms with E-state index in [1.165, 1.54) is 23.3 Å². The topological polar surface area (TPSA) is 54.4 Å². The first-order valence-corrected chi connectivity index (χ1v) is 10.7. The predicted octanol–water partition coefficient (Wildman–Crippen LogP) is 5.54. The highest BCUT2D eigenvalue weighted by Gasteiger charge is 2.21. The summed E-state index contributed by atoms with van der Waals surface area (Å²) >= 11 is 7.86. The van der Waals surface area contributed by atoms with Crippen LogP contribution in [0.2, 0.25) is 5.15 Å². The SMILES string of the molecule is CCC1CCc2sc(C(=O)N/N=C/c3cc4ccc(C)cc4nc3Cl)cc2C1. The molecule has 1 atom stereocenters. The van der Waals surface area contributed by atoms with E-state index in [1.807, 2.05) is 37.3 Å². The van der Waals surface area contributed by atoms with Crippen LogP contribution in [0.3, 0.4) is 0 Å². The number of hydrazone groups is 1. The van der Waals surface area contributed by atoms with Gasteiger partial charge in [0.1, 0.15) is 5.15 Å². The average molecular weight is 412 g/mol. The molecule has 0 bridgehead atoms. The summed E-state index contributed by atoms with van der Waals surface area (Å²) in [4.78, 5) is 19.0. The minimum Gasteiger partial charge on any atom is -0.266 e. The lowest BCUT2D eigenvalue weighted by Crippen LogP contribution is -2.16. The number of aromatic nitrogens is 1. The molecule has 0 saturated carbocycles. The first-order chi connectivity index (χ1) is 13.5. The molecule has 0 saturated heterocycles. The summed E-state index contributed by atoms with van der Waals surface area (Å²) in [5, 5.41) is 5.45. The lowest BCUT2D eigenvalue weighted by Gasteiger charge is -2.19. The first kappa shape index (κ1) is 19.1. The van der Waals surface area contributed by atoms with Gasteiger partial charge in [-0.05, 0) is 61.4 Å². The third-order valence-corrected chi connectivity index (χ3v) is 6.85. The summed E-state index contributed by atoms with van der Waals surface area (Å²) < 4.78 is 0. The van der Waals surface area contributed by atoms with Crippen molar-refractivity contribution in [3.63, 3.8) is 0 Å². The number of hydrogen-bond acceptors (Lipinski definition) is 4. The summed E-state index contributed by atoms with van der Waals surface area (Å²) in [5.74, 6) is 0.562. The molecular formula is C22H22ClN3OS. The zero-order valence-corrected chi connectivity index (χ0v) is 17.5. The molecule has 3 aromatic rings. The van der Waals surface area contributed by atoms with E-state index in [2.05, 4.69) is 22.4 Å². The van der Waals surface area contributed by atoms with E-state index in [9.17, 15) is 4.79 Å². The van der Waals surface area contributed by atoms with Crippen molar-refractivity contribution in [1.29, 1.82) is 0 Å². The summed E-state index contributed by atoms with van der Waals surface area (Å²) in [6.07, 6.45) is 6.12. The molecule has 0 radical (unpaired) electrons. The van der Waals surface area contributed by atoms with Crippen LogP contribution in [-0.4, -0.2) is 17.1 Å². The van der Waals surface area contributed by atoms with Gasteiger partial charge in [-0.3, -0.25) is 4.79 Å². The Morgan fingerprint density at radius 1 is 1.39 bits per heavy atom. The third-order valence-electron chi connectivity index (χ3n) is 5.31. The number of carbonyl (C=O) groups excluding carboxylic acids is 1. The molecule has 4 rings (SSSR count). The number of nitrogens with one attached hydrogen (secondary N) is 1. The Morgan fingerprint density at radius 2 is 2.25 bits per heavy atom. The molecule has 0 spiro atoms. The second kappa shape index (κ2) is 8.02. The molecule has 28 heavy (non-hydrogen) atoms. The summed E-state index contributed by atoms with van der Waals surface area (Å²) in [5.41, 5.74) is 6.61. The fourth-order valence-electron chi connectivity index (χ4n) is 3.64. The highest BCUT2D eigenvalue weighted by molar-refractivity contribution is 7.14. The smallest absolute Gasteiger partial charge is 0.266 e. The Balaban J connectivity index is 1.47. The molecule has 1 aliphatic carbocycles. The molecule has 1 amide bonds. The van der Waals surface area contributed by atoms with Crippen LogP contribution in [0.25, 0.3) is 10.9 Å². The van der Waals surface area contributed by atoms with Gasteiger partial charge in [0.15, 0.2) is 0 Å². The summed E-state index contributed by atoms with van der Waals surface area (Å²) in [7, 11) is 0. The van der Waals surface area contributed by atoms with Crippen molar-refractivity contribution in [2.75, 3.05) is 0 Å². The Hall–Kier alpha value is -2.24. The van der Waals surface area contributed by atoms with Gasteiger partial charge in [-0.15, -0.1) is 11.3 Å². The van der Waals surface area contributed by atoms with Gasteiger partial charge in [-0.2, -0.15) is 5.10 Å². The van der Waals surface area contributed by atoms with Crippen LogP contribution in [-0.2, 0) is 12.8 Å². The maximum atomic E-state index is 12.5. The Bertz CT molecular complexity index is 1070. The number of carbonyl (C=O) groups is 1. The molecule has 1 aromatic carbocycles. The number of benzene rings is 1. The number of thiophene rings is 1. The van der Waals surface area contributed by atoms with Crippen molar-refractivity contribution in [3.05, 3.63) is 61.9 Å². The molecule has 144 valence electrons. The molecule has 1 aliphatic rings. The van der Waals surface area contributed by atoms with Gasteiger partial charge in [-0.1, -0.05) is 37.1 Å². The Labute approximate surface area is 173 Å². The van der Waals surface area contributed by atoms with Crippen LogP contribution in [0.15, 0.2) is 35.4 Å². The lowest BCUT2D eigenvalue weighted by molar-refractivity contribution is 0.0959. The number of hydrogen-bond donors (Lipinski definition) is 1. The van der Waals surface area contributed by atoms with Crippen LogP contribution in [0.4, 0.5) is 0 Å². The minimum absolute atomic E-state index is 0.177. The van der Waals surface area contributed by atoms with E-state index in [0.717, 1.165) is 40.1 Å². The van der Waals surface area contributed by atoms with E-state index in [1.54, 1.807) is 17.6 Å². The highest BCUT2D eigenvalue weighted by atomic mass is 35.5. The molecule has 6 heteroatoms. The van der Waals surface area contributed by atoms with Crippen LogP contribution in [0.5, 0.6) is 0 Å². The number of nitrogens with zero attached hydrogens (tertiary/aromatic N) is 2. The van der Waals surface area contributed by atoms with Gasteiger partial charge in [0.25, 0.3) is 5.91 Å². The van der Waals surface area contributed by atoms with Gasteiger partial charge < -0.3 is 0 Å². The van der Waals surface area contributed by atoms with Crippen molar-refractivity contribution in [1.82, 2.24) is 10.4 Å². The largest absolute Gasteiger partial charge is 0.281 e. The second-order valence-corrected chi connectivity index (χ2v) is 8.83. The predicted molar refractivity (Wildman–Crippen MR) is 117 cm³/mol. The maximum absolute atomic E-state index is 12.5. The van der Waals surface area contributed by atoms with Crippen molar-refractivity contribution >= 4 is 46.0 Å².